The Morgan fingerprint density at radius 1 is 1.29 bits per heavy atom. The smallest absolute Gasteiger partial charge is 0.0831 e. The SMILES string of the molecule is CN(C)[C@@H]1CN(Cc2cccc3c2CCOC3)C[C@@H]1n1ccnn1. The third-order valence-corrected chi connectivity index (χ3v) is 5.30. The molecule has 24 heavy (non-hydrogen) atoms. The third-order valence-electron chi connectivity index (χ3n) is 5.30. The van der Waals surface area contributed by atoms with Crippen molar-refractivity contribution in [3.8, 4) is 0 Å². The summed E-state index contributed by atoms with van der Waals surface area (Å²) in [7, 11) is 4.31. The van der Waals surface area contributed by atoms with Crippen molar-refractivity contribution in [1.29, 1.82) is 0 Å². The fraction of sp³-hybridized carbons (Fsp3) is 0.556. The fourth-order valence-electron chi connectivity index (χ4n) is 4.03. The quantitative estimate of drug-likeness (QED) is 0.848. The number of likely N-dealkylation sites (tertiary alicyclic amines) is 1. The van der Waals surface area contributed by atoms with Crippen LogP contribution in [-0.4, -0.2) is 64.6 Å². The Bertz CT molecular complexity index is 685. The minimum absolute atomic E-state index is 0.352. The third kappa shape index (κ3) is 2.97. The number of aromatic nitrogens is 3. The van der Waals surface area contributed by atoms with Crippen LogP contribution in [0.15, 0.2) is 30.6 Å². The average molecular weight is 327 g/mol. The Morgan fingerprint density at radius 2 is 2.21 bits per heavy atom. The summed E-state index contributed by atoms with van der Waals surface area (Å²) in [6, 6.07) is 7.44. The lowest BCUT2D eigenvalue weighted by Gasteiger charge is -2.25. The van der Waals surface area contributed by atoms with Crippen LogP contribution in [0.4, 0.5) is 0 Å². The highest BCUT2D eigenvalue weighted by molar-refractivity contribution is 5.36. The van der Waals surface area contributed by atoms with Gasteiger partial charge in [0, 0.05) is 31.9 Å². The van der Waals surface area contributed by atoms with Crippen molar-refractivity contribution in [3.63, 3.8) is 0 Å². The summed E-state index contributed by atoms with van der Waals surface area (Å²) in [6.45, 7) is 4.65. The maximum absolute atomic E-state index is 5.60. The van der Waals surface area contributed by atoms with Gasteiger partial charge in [-0.15, -0.1) is 5.10 Å². The number of hydrogen-bond acceptors (Lipinski definition) is 5. The van der Waals surface area contributed by atoms with E-state index in [0.29, 0.717) is 12.1 Å². The number of rotatable bonds is 4. The van der Waals surface area contributed by atoms with Gasteiger partial charge in [0.1, 0.15) is 0 Å². The Kier molecular flexibility index (Phi) is 4.35. The molecule has 0 radical (unpaired) electrons. The van der Waals surface area contributed by atoms with Crippen LogP contribution in [0, 0.1) is 0 Å². The van der Waals surface area contributed by atoms with Crippen LogP contribution in [0.2, 0.25) is 0 Å². The number of ether oxygens (including phenoxy) is 1. The topological polar surface area (TPSA) is 46.4 Å². The lowest BCUT2D eigenvalue weighted by atomic mass is 9.97. The molecule has 0 saturated carbocycles. The van der Waals surface area contributed by atoms with Crippen LogP contribution in [0.1, 0.15) is 22.7 Å². The van der Waals surface area contributed by atoms with E-state index in [1.54, 1.807) is 6.20 Å². The largest absolute Gasteiger partial charge is 0.376 e. The van der Waals surface area contributed by atoms with E-state index in [1.165, 1.54) is 16.7 Å². The summed E-state index contributed by atoms with van der Waals surface area (Å²) >= 11 is 0. The Hall–Kier alpha value is -1.76. The second-order valence-electron chi connectivity index (χ2n) is 7.03. The van der Waals surface area contributed by atoms with Crippen LogP contribution in [-0.2, 0) is 24.3 Å². The van der Waals surface area contributed by atoms with E-state index in [0.717, 1.165) is 39.3 Å². The number of fused-ring (bicyclic) bond motifs is 1. The average Bonchev–Trinajstić information content (AvgIpc) is 3.24. The molecule has 4 rings (SSSR count). The summed E-state index contributed by atoms with van der Waals surface area (Å²) in [5.74, 6) is 0. The molecule has 0 bridgehead atoms. The molecule has 1 fully saturated rings. The second-order valence-corrected chi connectivity index (χ2v) is 7.03. The molecule has 2 aliphatic rings. The van der Waals surface area contributed by atoms with Gasteiger partial charge in [0.25, 0.3) is 0 Å². The Labute approximate surface area is 143 Å². The number of likely N-dealkylation sites (N-methyl/N-ethyl adjacent to an activating group) is 1. The second kappa shape index (κ2) is 6.63. The highest BCUT2D eigenvalue weighted by Crippen LogP contribution is 2.28. The molecular weight excluding hydrogens is 302 g/mol. The summed E-state index contributed by atoms with van der Waals surface area (Å²) in [5.41, 5.74) is 4.30. The van der Waals surface area contributed by atoms with Crippen LogP contribution in [0.5, 0.6) is 0 Å². The molecule has 128 valence electrons. The molecule has 6 heteroatoms. The number of benzene rings is 1. The van der Waals surface area contributed by atoms with Gasteiger partial charge in [-0.1, -0.05) is 23.4 Å². The van der Waals surface area contributed by atoms with Gasteiger partial charge in [0.05, 0.1) is 25.5 Å². The fourth-order valence-corrected chi connectivity index (χ4v) is 4.03. The zero-order valence-electron chi connectivity index (χ0n) is 14.4. The van der Waals surface area contributed by atoms with E-state index in [4.69, 9.17) is 4.74 Å². The standard InChI is InChI=1S/C18H25N5O/c1-21(2)17-11-22(12-18(17)23-8-7-19-20-23)10-14-4-3-5-15-13-24-9-6-16(14)15/h3-5,7-8,17-18H,6,9-13H2,1-2H3/t17-,18+/m1/s1. The molecule has 0 aliphatic carbocycles. The van der Waals surface area contributed by atoms with E-state index in [-0.39, 0.29) is 0 Å². The monoisotopic (exact) mass is 327 g/mol. The molecule has 2 aliphatic heterocycles. The van der Waals surface area contributed by atoms with Gasteiger partial charge in [-0.25, -0.2) is 4.68 Å². The highest BCUT2D eigenvalue weighted by Gasteiger charge is 2.36. The first-order chi connectivity index (χ1) is 11.7. The van der Waals surface area contributed by atoms with Crippen molar-refractivity contribution in [1.82, 2.24) is 24.8 Å². The zero-order chi connectivity index (χ0) is 16.5. The minimum atomic E-state index is 0.352. The maximum Gasteiger partial charge on any atom is 0.0831 e. The van der Waals surface area contributed by atoms with Crippen LogP contribution < -0.4 is 0 Å². The zero-order valence-corrected chi connectivity index (χ0v) is 14.4. The molecule has 1 aromatic heterocycles. The van der Waals surface area contributed by atoms with E-state index in [2.05, 4.69) is 52.4 Å². The molecule has 3 heterocycles. The maximum atomic E-state index is 5.60. The van der Waals surface area contributed by atoms with Gasteiger partial charge in [-0.2, -0.15) is 0 Å². The predicted molar refractivity (Wildman–Crippen MR) is 91.6 cm³/mol. The molecule has 0 N–H and O–H groups in total. The van der Waals surface area contributed by atoms with Gasteiger partial charge in [0.2, 0.25) is 0 Å². The van der Waals surface area contributed by atoms with Crippen molar-refractivity contribution in [2.45, 2.75) is 31.7 Å². The van der Waals surface area contributed by atoms with Gasteiger partial charge in [0.15, 0.2) is 0 Å². The molecule has 0 unspecified atom stereocenters. The van der Waals surface area contributed by atoms with E-state index in [1.807, 2.05) is 10.9 Å². The van der Waals surface area contributed by atoms with E-state index < -0.39 is 0 Å². The van der Waals surface area contributed by atoms with Crippen LogP contribution >= 0.6 is 0 Å². The van der Waals surface area contributed by atoms with Crippen molar-refractivity contribution < 1.29 is 4.74 Å². The normalized spacial score (nSPS) is 24.5. The van der Waals surface area contributed by atoms with Gasteiger partial charge >= 0.3 is 0 Å². The molecule has 6 nitrogen and oxygen atoms in total. The Balaban J connectivity index is 1.54. The van der Waals surface area contributed by atoms with Crippen LogP contribution in [0.3, 0.4) is 0 Å². The van der Waals surface area contributed by atoms with Gasteiger partial charge < -0.3 is 9.64 Å². The first-order valence-electron chi connectivity index (χ1n) is 8.64. The van der Waals surface area contributed by atoms with Crippen molar-refractivity contribution in [2.24, 2.45) is 0 Å². The van der Waals surface area contributed by atoms with Crippen molar-refractivity contribution in [3.05, 3.63) is 47.3 Å². The molecule has 0 amide bonds. The first kappa shape index (κ1) is 15.7. The molecule has 0 spiro atoms. The summed E-state index contributed by atoms with van der Waals surface area (Å²) in [5, 5.41) is 8.23. The Morgan fingerprint density at radius 3 is 3.00 bits per heavy atom. The molecular formula is C18H25N5O. The molecule has 1 saturated heterocycles. The van der Waals surface area contributed by atoms with Crippen molar-refractivity contribution in [2.75, 3.05) is 33.8 Å². The lowest BCUT2D eigenvalue weighted by molar-refractivity contribution is 0.110. The summed E-state index contributed by atoms with van der Waals surface area (Å²) in [6.07, 6.45) is 4.78. The van der Waals surface area contributed by atoms with E-state index in [9.17, 15) is 0 Å². The highest BCUT2D eigenvalue weighted by atomic mass is 16.5. The first-order valence-corrected chi connectivity index (χ1v) is 8.64. The number of hydrogen-bond donors (Lipinski definition) is 0. The van der Waals surface area contributed by atoms with Gasteiger partial charge in [-0.05, 0) is 37.2 Å². The summed E-state index contributed by atoms with van der Waals surface area (Å²) in [4.78, 5) is 4.85. The summed E-state index contributed by atoms with van der Waals surface area (Å²) < 4.78 is 7.61. The minimum Gasteiger partial charge on any atom is -0.376 e. The van der Waals surface area contributed by atoms with E-state index >= 15 is 0 Å². The van der Waals surface area contributed by atoms with Crippen LogP contribution in [0.25, 0.3) is 0 Å². The molecule has 2 atom stereocenters. The molecule has 2 aromatic rings. The van der Waals surface area contributed by atoms with Crippen molar-refractivity contribution >= 4 is 0 Å². The number of nitrogens with zero attached hydrogens (tertiary/aromatic N) is 5. The van der Waals surface area contributed by atoms with Gasteiger partial charge in [-0.3, -0.25) is 4.90 Å². The lowest BCUT2D eigenvalue weighted by Crippen LogP contribution is -2.36. The molecule has 1 aromatic carbocycles. The predicted octanol–water partition coefficient (Wildman–Crippen LogP) is 1.34.